The molecule has 0 fully saturated rings. The molecule has 0 spiro atoms. The SMILES string of the molecule is Cc1ccc(S(=O)(=O)Cc2nnc(SCC(=O)Nc3cccc(C)c3)n2-c2ccccc2)cc1. The number of nitrogens with zero attached hydrogens (tertiary/aromatic N) is 3. The monoisotopic (exact) mass is 492 g/mol. The number of sulfone groups is 1. The van der Waals surface area contributed by atoms with Crippen LogP contribution in [0.3, 0.4) is 0 Å². The van der Waals surface area contributed by atoms with Crippen molar-refractivity contribution in [3.05, 3.63) is 95.8 Å². The largest absolute Gasteiger partial charge is 0.325 e. The lowest BCUT2D eigenvalue weighted by Crippen LogP contribution is -2.15. The number of aromatic nitrogens is 3. The number of rotatable bonds is 8. The highest BCUT2D eigenvalue weighted by Crippen LogP contribution is 2.25. The summed E-state index contributed by atoms with van der Waals surface area (Å²) < 4.78 is 27.8. The Hall–Kier alpha value is -3.43. The number of thioether (sulfide) groups is 1. The summed E-state index contributed by atoms with van der Waals surface area (Å²) in [5.41, 5.74) is 3.48. The molecule has 9 heteroatoms. The molecule has 1 aromatic heterocycles. The van der Waals surface area contributed by atoms with Gasteiger partial charge >= 0.3 is 0 Å². The van der Waals surface area contributed by atoms with E-state index in [1.54, 1.807) is 28.8 Å². The first kappa shape index (κ1) is 23.7. The summed E-state index contributed by atoms with van der Waals surface area (Å²) in [6.45, 7) is 3.86. The third kappa shape index (κ3) is 5.73. The molecule has 1 N–H and O–H groups in total. The first-order valence-corrected chi connectivity index (χ1v) is 13.2. The molecule has 3 aromatic carbocycles. The summed E-state index contributed by atoms with van der Waals surface area (Å²) in [6, 6.07) is 23.6. The van der Waals surface area contributed by atoms with Gasteiger partial charge in [0.15, 0.2) is 20.8 Å². The van der Waals surface area contributed by atoms with Crippen molar-refractivity contribution in [2.24, 2.45) is 0 Å². The molecule has 174 valence electrons. The summed E-state index contributed by atoms with van der Waals surface area (Å²) >= 11 is 1.20. The molecule has 0 aliphatic rings. The highest BCUT2D eigenvalue weighted by Gasteiger charge is 2.23. The molecule has 7 nitrogen and oxygen atoms in total. The number of nitrogens with one attached hydrogen (secondary N) is 1. The molecule has 0 bridgehead atoms. The van der Waals surface area contributed by atoms with Gasteiger partial charge in [0.1, 0.15) is 5.75 Å². The summed E-state index contributed by atoms with van der Waals surface area (Å²) in [5, 5.41) is 11.7. The second-order valence-corrected chi connectivity index (χ2v) is 10.8. The second kappa shape index (κ2) is 10.2. The molecule has 0 saturated heterocycles. The van der Waals surface area contributed by atoms with Gasteiger partial charge in [-0.25, -0.2) is 8.42 Å². The van der Waals surface area contributed by atoms with E-state index in [4.69, 9.17) is 0 Å². The van der Waals surface area contributed by atoms with Crippen LogP contribution >= 0.6 is 11.8 Å². The standard InChI is InChI=1S/C25H24N4O3S2/c1-18-11-13-22(14-12-18)34(31,32)17-23-27-28-25(29(23)21-9-4-3-5-10-21)33-16-24(30)26-20-8-6-7-19(2)15-20/h3-15H,16-17H2,1-2H3,(H,26,30). The van der Waals surface area contributed by atoms with Gasteiger partial charge in [-0.2, -0.15) is 0 Å². The highest BCUT2D eigenvalue weighted by atomic mass is 32.2. The maximum absolute atomic E-state index is 13.1. The van der Waals surface area contributed by atoms with Gasteiger partial charge in [-0.1, -0.05) is 59.8 Å². The zero-order valence-electron chi connectivity index (χ0n) is 18.8. The number of hydrogen-bond acceptors (Lipinski definition) is 6. The van der Waals surface area contributed by atoms with Crippen LogP contribution in [0.15, 0.2) is 88.9 Å². The summed E-state index contributed by atoms with van der Waals surface area (Å²) in [4.78, 5) is 12.7. The molecule has 0 aliphatic carbocycles. The van der Waals surface area contributed by atoms with E-state index in [9.17, 15) is 13.2 Å². The van der Waals surface area contributed by atoms with E-state index in [2.05, 4.69) is 15.5 Å². The molecule has 1 heterocycles. The average molecular weight is 493 g/mol. The molecule has 34 heavy (non-hydrogen) atoms. The number of carbonyl (C=O) groups excluding carboxylic acids is 1. The van der Waals surface area contributed by atoms with Crippen molar-refractivity contribution in [2.45, 2.75) is 29.7 Å². The maximum Gasteiger partial charge on any atom is 0.234 e. The molecular weight excluding hydrogens is 468 g/mol. The lowest BCUT2D eigenvalue weighted by molar-refractivity contribution is -0.113. The molecular formula is C25H24N4O3S2. The minimum atomic E-state index is -3.64. The van der Waals surface area contributed by atoms with Gasteiger partial charge in [0, 0.05) is 11.4 Å². The number of carbonyl (C=O) groups is 1. The van der Waals surface area contributed by atoms with Crippen LogP contribution in [-0.4, -0.2) is 34.8 Å². The third-order valence-electron chi connectivity index (χ3n) is 5.05. The van der Waals surface area contributed by atoms with E-state index in [1.165, 1.54) is 11.8 Å². The Labute approximate surface area is 203 Å². The predicted octanol–water partition coefficient (Wildman–Crippen LogP) is 4.59. The van der Waals surface area contributed by atoms with Crippen molar-refractivity contribution in [3.63, 3.8) is 0 Å². The maximum atomic E-state index is 13.1. The molecule has 4 rings (SSSR count). The summed E-state index contributed by atoms with van der Waals surface area (Å²) in [7, 11) is -3.64. The van der Waals surface area contributed by atoms with Gasteiger partial charge in [0.05, 0.1) is 10.6 Å². The molecule has 1 amide bonds. The first-order valence-electron chi connectivity index (χ1n) is 10.6. The van der Waals surface area contributed by atoms with E-state index < -0.39 is 9.84 Å². The van der Waals surface area contributed by atoms with E-state index in [0.29, 0.717) is 5.16 Å². The minimum Gasteiger partial charge on any atom is -0.325 e. The number of benzene rings is 3. The van der Waals surface area contributed by atoms with Crippen LogP contribution in [0.5, 0.6) is 0 Å². The van der Waals surface area contributed by atoms with Crippen LogP contribution in [0.25, 0.3) is 5.69 Å². The Balaban J connectivity index is 1.57. The van der Waals surface area contributed by atoms with Gasteiger partial charge < -0.3 is 5.32 Å². The number of para-hydroxylation sites is 1. The number of anilines is 1. The van der Waals surface area contributed by atoms with Gasteiger partial charge in [-0.15, -0.1) is 10.2 Å². The topological polar surface area (TPSA) is 94.0 Å². The fourth-order valence-electron chi connectivity index (χ4n) is 3.37. The van der Waals surface area contributed by atoms with Gasteiger partial charge in [0.25, 0.3) is 0 Å². The van der Waals surface area contributed by atoms with Crippen molar-refractivity contribution in [1.29, 1.82) is 0 Å². The van der Waals surface area contributed by atoms with Gasteiger partial charge in [0.2, 0.25) is 5.91 Å². The Morgan fingerprint density at radius 1 is 0.912 bits per heavy atom. The van der Waals surface area contributed by atoms with Crippen molar-refractivity contribution >= 4 is 33.2 Å². The fraction of sp³-hybridized carbons (Fsp3) is 0.160. The number of aryl methyl sites for hydroxylation is 2. The van der Waals surface area contributed by atoms with Gasteiger partial charge in [-0.05, 0) is 55.8 Å². The number of amides is 1. The molecule has 4 aromatic rings. The van der Waals surface area contributed by atoms with E-state index in [0.717, 1.165) is 22.5 Å². The Morgan fingerprint density at radius 2 is 1.65 bits per heavy atom. The Morgan fingerprint density at radius 3 is 2.35 bits per heavy atom. The van der Waals surface area contributed by atoms with Crippen LogP contribution in [0, 0.1) is 13.8 Å². The smallest absolute Gasteiger partial charge is 0.234 e. The molecule has 0 aliphatic heterocycles. The minimum absolute atomic E-state index is 0.101. The highest BCUT2D eigenvalue weighted by molar-refractivity contribution is 7.99. The fourth-order valence-corrected chi connectivity index (χ4v) is 5.39. The Kier molecular flexibility index (Phi) is 7.14. The third-order valence-corrected chi connectivity index (χ3v) is 7.61. The lowest BCUT2D eigenvalue weighted by atomic mass is 10.2. The van der Waals surface area contributed by atoms with Crippen LogP contribution in [0.2, 0.25) is 0 Å². The molecule has 0 atom stereocenters. The molecule has 0 radical (unpaired) electrons. The van der Waals surface area contributed by atoms with Crippen LogP contribution in [-0.2, 0) is 20.4 Å². The van der Waals surface area contributed by atoms with Gasteiger partial charge in [-0.3, -0.25) is 9.36 Å². The predicted molar refractivity (Wildman–Crippen MR) is 134 cm³/mol. The lowest BCUT2D eigenvalue weighted by Gasteiger charge is -2.11. The van der Waals surface area contributed by atoms with E-state index >= 15 is 0 Å². The second-order valence-electron chi connectivity index (χ2n) is 7.85. The van der Waals surface area contributed by atoms with Crippen LogP contribution in [0.1, 0.15) is 17.0 Å². The normalized spacial score (nSPS) is 11.4. The average Bonchev–Trinajstić information content (AvgIpc) is 3.20. The van der Waals surface area contributed by atoms with Crippen molar-refractivity contribution in [1.82, 2.24) is 14.8 Å². The van der Waals surface area contributed by atoms with Crippen molar-refractivity contribution in [3.8, 4) is 5.69 Å². The van der Waals surface area contributed by atoms with Crippen molar-refractivity contribution in [2.75, 3.05) is 11.1 Å². The van der Waals surface area contributed by atoms with E-state index in [1.807, 2.05) is 68.4 Å². The summed E-state index contributed by atoms with van der Waals surface area (Å²) in [5.74, 6) is -0.113. The zero-order chi connectivity index (χ0) is 24.1. The first-order chi connectivity index (χ1) is 16.3. The van der Waals surface area contributed by atoms with Crippen LogP contribution < -0.4 is 5.32 Å². The quantitative estimate of drug-likeness (QED) is 0.362. The number of hydrogen-bond donors (Lipinski definition) is 1. The zero-order valence-corrected chi connectivity index (χ0v) is 20.4. The molecule has 0 unspecified atom stereocenters. The van der Waals surface area contributed by atoms with Crippen LogP contribution in [0.4, 0.5) is 5.69 Å². The Bertz CT molecular complexity index is 1400. The molecule has 0 saturated carbocycles. The van der Waals surface area contributed by atoms with Crippen molar-refractivity contribution < 1.29 is 13.2 Å². The van der Waals surface area contributed by atoms with E-state index in [-0.39, 0.29) is 28.1 Å². The summed E-state index contributed by atoms with van der Waals surface area (Å²) in [6.07, 6.45) is 0.